The third kappa shape index (κ3) is 2.69. The van der Waals surface area contributed by atoms with Gasteiger partial charge in [-0.3, -0.25) is 0 Å². The number of rotatable bonds is 3. The third-order valence-electron chi connectivity index (χ3n) is 4.72. The van der Waals surface area contributed by atoms with E-state index in [9.17, 15) is 0 Å². The highest BCUT2D eigenvalue weighted by molar-refractivity contribution is 5.80. The van der Waals surface area contributed by atoms with Crippen molar-refractivity contribution in [3.8, 4) is 0 Å². The monoisotopic (exact) mass is 256 g/mol. The number of benzene rings is 1. The van der Waals surface area contributed by atoms with Crippen LogP contribution in [0.4, 0.5) is 0 Å². The molecule has 2 nitrogen and oxygen atoms in total. The minimum absolute atomic E-state index is 0.828. The largest absolute Gasteiger partial charge is 0.351 e. The summed E-state index contributed by atoms with van der Waals surface area (Å²) in [5.74, 6) is 1.72. The van der Waals surface area contributed by atoms with Crippen LogP contribution in [-0.4, -0.2) is 17.7 Å². The van der Waals surface area contributed by atoms with E-state index in [1.54, 1.807) is 0 Å². The number of nitrogens with one attached hydrogen (secondary N) is 1. The number of hydrogen-bond acceptors (Lipinski definition) is 1. The molecule has 2 heteroatoms. The van der Waals surface area contributed by atoms with Crippen LogP contribution in [0.3, 0.4) is 0 Å². The number of aromatic nitrogens is 1. The predicted molar refractivity (Wildman–Crippen MR) is 81.4 cm³/mol. The van der Waals surface area contributed by atoms with E-state index in [0.717, 1.165) is 11.8 Å². The number of hydrogen-bond donors (Lipinski definition) is 1. The van der Waals surface area contributed by atoms with Gasteiger partial charge in [0.1, 0.15) is 0 Å². The molecule has 1 aliphatic heterocycles. The fourth-order valence-corrected chi connectivity index (χ4v) is 3.34. The molecular weight excluding hydrogens is 232 g/mol. The van der Waals surface area contributed by atoms with Gasteiger partial charge in [-0.1, -0.05) is 13.0 Å². The Hall–Kier alpha value is -1.28. The molecule has 0 amide bonds. The van der Waals surface area contributed by atoms with Crippen LogP contribution in [0.5, 0.6) is 0 Å². The quantitative estimate of drug-likeness (QED) is 0.891. The number of fused-ring (bicyclic) bond motifs is 1. The van der Waals surface area contributed by atoms with Crippen LogP contribution in [0.2, 0.25) is 0 Å². The molecule has 0 radical (unpaired) electrons. The lowest BCUT2D eigenvalue weighted by atomic mass is 9.83. The van der Waals surface area contributed by atoms with Gasteiger partial charge in [0, 0.05) is 18.8 Å². The molecule has 19 heavy (non-hydrogen) atoms. The molecule has 2 aromatic rings. The molecule has 0 bridgehead atoms. The molecule has 1 unspecified atom stereocenters. The lowest BCUT2D eigenvalue weighted by molar-refractivity contribution is 0.259. The first-order chi connectivity index (χ1) is 9.24. The van der Waals surface area contributed by atoms with Gasteiger partial charge in [-0.25, -0.2) is 0 Å². The molecule has 2 heterocycles. The minimum atomic E-state index is 0.828. The van der Waals surface area contributed by atoms with Gasteiger partial charge in [-0.2, -0.15) is 0 Å². The molecule has 2 atom stereocenters. The van der Waals surface area contributed by atoms with Gasteiger partial charge in [0.15, 0.2) is 0 Å². The molecular formula is C17H24N2. The first kappa shape index (κ1) is 12.7. The van der Waals surface area contributed by atoms with Crippen molar-refractivity contribution in [3.05, 3.63) is 36.0 Å². The highest BCUT2D eigenvalue weighted by Gasteiger charge is 2.20. The number of nitrogens with zero attached hydrogens (tertiary/aromatic N) is 1. The summed E-state index contributed by atoms with van der Waals surface area (Å²) < 4.78 is 2.19. The van der Waals surface area contributed by atoms with Crippen molar-refractivity contribution in [2.45, 2.75) is 26.2 Å². The molecule has 1 fully saturated rings. The molecule has 0 aliphatic carbocycles. The van der Waals surface area contributed by atoms with Crippen LogP contribution < -0.4 is 5.32 Å². The van der Waals surface area contributed by atoms with E-state index in [-0.39, 0.29) is 0 Å². The number of piperidine rings is 1. The van der Waals surface area contributed by atoms with Crippen LogP contribution >= 0.6 is 0 Å². The van der Waals surface area contributed by atoms with Crippen molar-refractivity contribution in [2.24, 2.45) is 18.9 Å². The van der Waals surface area contributed by atoms with Crippen molar-refractivity contribution in [1.29, 1.82) is 0 Å². The Bertz CT molecular complexity index is 555. The van der Waals surface area contributed by atoms with Gasteiger partial charge < -0.3 is 9.88 Å². The Morgan fingerprint density at radius 1 is 1.32 bits per heavy atom. The van der Waals surface area contributed by atoms with Crippen molar-refractivity contribution >= 4 is 10.9 Å². The second-order valence-corrected chi connectivity index (χ2v) is 6.09. The fourth-order valence-electron chi connectivity index (χ4n) is 3.34. The maximum atomic E-state index is 3.49. The minimum Gasteiger partial charge on any atom is -0.351 e. The predicted octanol–water partition coefficient (Wildman–Crippen LogP) is 3.36. The maximum Gasteiger partial charge on any atom is 0.0477 e. The van der Waals surface area contributed by atoms with Gasteiger partial charge in [0.25, 0.3) is 0 Å². The van der Waals surface area contributed by atoms with Crippen LogP contribution in [-0.2, 0) is 13.5 Å². The molecule has 102 valence electrons. The van der Waals surface area contributed by atoms with Gasteiger partial charge in [-0.05, 0) is 73.3 Å². The van der Waals surface area contributed by atoms with E-state index in [1.165, 1.54) is 48.8 Å². The van der Waals surface area contributed by atoms with Crippen LogP contribution in [0.15, 0.2) is 30.5 Å². The fraction of sp³-hybridized carbons (Fsp3) is 0.529. The molecule has 0 saturated carbocycles. The highest BCUT2D eigenvalue weighted by Crippen LogP contribution is 2.25. The standard InChI is InChI=1S/C17H24N2/c1-13-12-18-9-7-15(13)5-3-14-4-6-17-16(11-14)8-10-19(17)2/h4,6,8,10-11,13,15,18H,3,5,7,9,12H2,1-2H3/t13-,15?/m0/s1. The summed E-state index contributed by atoms with van der Waals surface area (Å²) in [5.41, 5.74) is 2.82. The Morgan fingerprint density at radius 3 is 3.05 bits per heavy atom. The maximum absolute atomic E-state index is 3.49. The second kappa shape index (κ2) is 5.38. The average molecular weight is 256 g/mol. The molecule has 1 N–H and O–H groups in total. The van der Waals surface area contributed by atoms with E-state index in [4.69, 9.17) is 0 Å². The van der Waals surface area contributed by atoms with Gasteiger partial charge >= 0.3 is 0 Å². The summed E-state index contributed by atoms with van der Waals surface area (Å²) >= 11 is 0. The summed E-state index contributed by atoms with van der Waals surface area (Å²) in [5, 5.41) is 4.86. The Kier molecular flexibility index (Phi) is 3.61. The van der Waals surface area contributed by atoms with E-state index in [2.05, 4.69) is 54.3 Å². The summed E-state index contributed by atoms with van der Waals surface area (Å²) in [6.07, 6.45) is 6.04. The zero-order valence-corrected chi connectivity index (χ0v) is 12.0. The summed E-state index contributed by atoms with van der Waals surface area (Å²) in [6.45, 7) is 4.78. The van der Waals surface area contributed by atoms with Crippen molar-refractivity contribution in [2.75, 3.05) is 13.1 Å². The SMILES string of the molecule is C[C@H]1CNCCC1CCc1ccc2c(ccn2C)c1. The van der Waals surface area contributed by atoms with Crippen molar-refractivity contribution < 1.29 is 0 Å². The second-order valence-electron chi connectivity index (χ2n) is 6.09. The molecule has 1 aliphatic rings. The Labute approximate surface area is 115 Å². The van der Waals surface area contributed by atoms with Crippen LogP contribution in [0.1, 0.15) is 25.3 Å². The molecule has 1 aromatic carbocycles. The van der Waals surface area contributed by atoms with Crippen molar-refractivity contribution in [3.63, 3.8) is 0 Å². The summed E-state index contributed by atoms with van der Waals surface area (Å²) in [6, 6.07) is 9.14. The van der Waals surface area contributed by atoms with E-state index in [0.29, 0.717) is 0 Å². The summed E-state index contributed by atoms with van der Waals surface area (Å²) in [4.78, 5) is 0. The molecule has 1 saturated heterocycles. The smallest absolute Gasteiger partial charge is 0.0477 e. The topological polar surface area (TPSA) is 17.0 Å². The lowest BCUT2D eigenvalue weighted by Crippen LogP contribution is -2.35. The summed E-state index contributed by atoms with van der Waals surface area (Å²) in [7, 11) is 2.11. The highest BCUT2D eigenvalue weighted by atomic mass is 14.9. The van der Waals surface area contributed by atoms with Gasteiger partial charge in [0.05, 0.1) is 0 Å². The molecule has 0 spiro atoms. The lowest BCUT2D eigenvalue weighted by Gasteiger charge is -2.29. The van der Waals surface area contributed by atoms with Crippen LogP contribution in [0.25, 0.3) is 10.9 Å². The van der Waals surface area contributed by atoms with E-state index >= 15 is 0 Å². The first-order valence-corrected chi connectivity index (χ1v) is 7.49. The van der Waals surface area contributed by atoms with E-state index in [1.807, 2.05) is 0 Å². The Morgan fingerprint density at radius 2 is 2.21 bits per heavy atom. The van der Waals surface area contributed by atoms with Crippen LogP contribution in [0, 0.1) is 11.8 Å². The van der Waals surface area contributed by atoms with E-state index < -0.39 is 0 Å². The zero-order chi connectivity index (χ0) is 13.2. The third-order valence-corrected chi connectivity index (χ3v) is 4.72. The average Bonchev–Trinajstić information content (AvgIpc) is 2.79. The molecule has 1 aromatic heterocycles. The number of aryl methyl sites for hydroxylation is 2. The zero-order valence-electron chi connectivity index (χ0n) is 12.0. The molecule has 3 rings (SSSR count). The normalized spacial score (nSPS) is 23.9. The Balaban J connectivity index is 1.67. The first-order valence-electron chi connectivity index (χ1n) is 7.49. The van der Waals surface area contributed by atoms with Gasteiger partial charge in [-0.15, -0.1) is 0 Å². The van der Waals surface area contributed by atoms with Crippen molar-refractivity contribution in [1.82, 2.24) is 9.88 Å². The van der Waals surface area contributed by atoms with Gasteiger partial charge in [0.2, 0.25) is 0 Å².